The van der Waals surface area contributed by atoms with Crippen molar-refractivity contribution in [3.8, 4) is 44.5 Å². The largest absolute Gasteiger partial charge is 0.455 e. The molecular formula is C52H35NO. The molecule has 10 aromatic rings. The van der Waals surface area contributed by atoms with Crippen molar-refractivity contribution < 1.29 is 4.42 Å². The standard InChI is InChI=1S/C52H35NO/c1-4-12-36(13-5-1)38-20-22-39(23-21-38)41-26-31-45(32-27-41)53(44-29-24-40(25-30-44)37-14-6-2-7-15-37)48-34-35-49-51(50(48)43-17-8-3-9-18-43)47-33-28-42-16-10-11-19-46(42)52(47)54-49/h1-35H. The lowest BCUT2D eigenvalue weighted by molar-refractivity contribution is 0.673. The molecule has 254 valence electrons. The van der Waals surface area contributed by atoms with Crippen molar-refractivity contribution in [2.45, 2.75) is 0 Å². The number of benzene rings is 9. The Morgan fingerprint density at radius 1 is 0.315 bits per heavy atom. The molecule has 0 bridgehead atoms. The molecule has 0 saturated carbocycles. The van der Waals surface area contributed by atoms with Crippen LogP contribution in [0.2, 0.25) is 0 Å². The zero-order chi connectivity index (χ0) is 35.8. The summed E-state index contributed by atoms with van der Waals surface area (Å²) < 4.78 is 6.72. The Hall–Kier alpha value is -7.16. The molecule has 0 fully saturated rings. The van der Waals surface area contributed by atoms with Crippen LogP contribution in [0.25, 0.3) is 77.2 Å². The average Bonchev–Trinajstić information content (AvgIpc) is 3.65. The minimum atomic E-state index is 0.873. The molecular weight excluding hydrogens is 655 g/mol. The van der Waals surface area contributed by atoms with Crippen molar-refractivity contribution in [2.24, 2.45) is 0 Å². The van der Waals surface area contributed by atoms with Crippen LogP contribution in [0.5, 0.6) is 0 Å². The average molecular weight is 690 g/mol. The second-order valence-corrected chi connectivity index (χ2v) is 13.7. The topological polar surface area (TPSA) is 16.4 Å². The van der Waals surface area contributed by atoms with E-state index in [-0.39, 0.29) is 0 Å². The summed E-state index contributed by atoms with van der Waals surface area (Å²) >= 11 is 0. The first-order valence-electron chi connectivity index (χ1n) is 18.4. The third-order valence-electron chi connectivity index (χ3n) is 10.5. The fourth-order valence-electron chi connectivity index (χ4n) is 7.82. The van der Waals surface area contributed by atoms with Crippen LogP contribution in [0, 0.1) is 0 Å². The van der Waals surface area contributed by atoms with Crippen LogP contribution in [-0.2, 0) is 0 Å². The molecule has 0 aliphatic heterocycles. The molecule has 2 nitrogen and oxygen atoms in total. The monoisotopic (exact) mass is 689 g/mol. The quantitative estimate of drug-likeness (QED) is 0.166. The third-order valence-corrected chi connectivity index (χ3v) is 10.5. The van der Waals surface area contributed by atoms with Crippen molar-refractivity contribution in [1.82, 2.24) is 0 Å². The number of rotatable bonds is 7. The van der Waals surface area contributed by atoms with E-state index >= 15 is 0 Å². The number of nitrogens with zero attached hydrogens (tertiary/aromatic N) is 1. The van der Waals surface area contributed by atoms with Gasteiger partial charge in [0.1, 0.15) is 11.2 Å². The highest BCUT2D eigenvalue weighted by Crippen LogP contribution is 2.48. The molecule has 0 saturated heterocycles. The summed E-state index contributed by atoms with van der Waals surface area (Å²) in [5.41, 5.74) is 14.4. The normalized spacial score (nSPS) is 11.3. The molecule has 9 aromatic carbocycles. The van der Waals surface area contributed by atoms with Crippen LogP contribution in [0.15, 0.2) is 217 Å². The second-order valence-electron chi connectivity index (χ2n) is 13.7. The highest BCUT2D eigenvalue weighted by molar-refractivity contribution is 6.21. The summed E-state index contributed by atoms with van der Waals surface area (Å²) in [5.74, 6) is 0. The first-order chi connectivity index (χ1) is 26.8. The lowest BCUT2D eigenvalue weighted by Gasteiger charge is -2.28. The zero-order valence-electron chi connectivity index (χ0n) is 29.6. The zero-order valence-corrected chi connectivity index (χ0v) is 29.6. The van der Waals surface area contributed by atoms with E-state index in [0.29, 0.717) is 0 Å². The Morgan fingerprint density at radius 3 is 1.30 bits per heavy atom. The molecule has 0 spiro atoms. The Bertz CT molecular complexity index is 2880. The maximum Gasteiger partial charge on any atom is 0.143 e. The van der Waals surface area contributed by atoms with Gasteiger partial charge in [0.05, 0.1) is 5.69 Å². The van der Waals surface area contributed by atoms with Gasteiger partial charge in [-0.1, -0.05) is 170 Å². The lowest BCUT2D eigenvalue weighted by Crippen LogP contribution is -2.11. The number of fused-ring (bicyclic) bond motifs is 5. The molecule has 0 unspecified atom stereocenters. The maximum atomic E-state index is 6.72. The summed E-state index contributed by atoms with van der Waals surface area (Å²) in [6, 6.07) is 75.8. The van der Waals surface area contributed by atoms with Gasteiger partial charge in [-0.3, -0.25) is 0 Å². The number of hydrogen-bond acceptors (Lipinski definition) is 2. The summed E-state index contributed by atoms with van der Waals surface area (Å²) in [6.07, 6.45) is 0. The number of anilines is 3. The summed E-state index contributed by atoms with van der Waals surface area (Å²) in [7, 11) is 0. The van der Waals surface area contributed by atoms with E-state index < -0.39 is 0 Å². The molecule has 0 amide bonds. The van der Waals surface area contributed by atoms with Gasteiger partial charge >= 0.3 is 0 Å². The van der Waals surface area contributed by atoms with E-state index in [1.165, 1.54) is 38.8 Å². The highest BCUT2D eigenvalue weighted by Gasteiger charge is 2.23. The predicted molar refractivity (Wildman–Crippen MR) is 228 cm³/mol. The van der Waals surface area contributed by atoms with Crippen LogP contribution < -0.4 is 4.90 Å². The first kappa shape index (κ1) is 31.6. The van der Waals surface area contributed by atoms with Crippen LogP contribution in [0.3, 0.4) is 0 Å². The van der Waals surface area contributed by atoms with E-state index in [0.717, 1.165) is 55.5 Å². The number of furan rings is 1. The Balaban J connectivity index is 1.15. The fraction of sp³-hybridized carbons (Fsp3) is 0. The van der Waals surface area contributed by atoms with Crippen LogP contribution in [0.1, 0.15) is 0 Å². The van der Waals surface area contributed by atoms with Crippen molar-refractivity contribution in [3.05, 3.63) is 212 Å². The first-order valence-corrected chi connectivity index (χ1v) is 18.4. The lowest BCUT2D eigenvalue weighted by atomic mass is 9.95. The fourth-order valence-corrected chi connectivity index (χ4v) is 7.82. The third kappa shape index (κ3) is 5.62. The van der Waals surface area contributed by atoms with Gasteiger partial charge in [0, 0.05) is 33.1 Å². The maximum absolute atomic E-state index is 6.72. The van der Waals surface area contributed by atoms with Gasteiger partial charge in [0.15, 0.2) is 0 Å². The predicted octanol–water partition coefficient (Wildman–Crippen LogP) is 14.9. The van der Waals surface area contributed by atoms with Gasteiger partial charge in [-0.05, 0) is 86.8 Å². The molecule has 2 heteroatoms. The molecule has 0 radical (unpaired) electrons. The van der Waals surface area contributed by atoms with Crippen molar-refractivity contribution in [2.75, 3.05) is 4.90 Å². The van der Waals surface area contributed by atoms with Crippen molar-refractivity contribution >= 4 is 49.8 Å². The number of hydrogen-bond donors (Lipinski definition) is 0. The Morgan fingerprint density at radius 2 is 0.759 bits per heavy atom. The summed E-state index contributed by atoms with van der Waals surface area (Å²) in [5, 5.41) is 4.51. The van der Waals surface area contributed by atoms with Gasteiger partial charge in [0.2, 0.25) is 0 Å². The minimum absolute atomic E-state index is 0.873. The van der Waals surface area contributed by atoms with E-state index in [2.05, 4.69) is 217 Å². The molecule has 0 atom stereocenters. The smallest absolute Gasteiger partial charge is 0.143 e. The van der Waals surface area contributed by atoms with E-state index in [1.807, 2.05) is 0 Å². The molecule has 1 heterocycles. The molecule has 10 rings (SSSR count). The van der Waals surface area contributed by atoms with Gasteiger partial charge in [-0.15, -0.1) is 0 Å². The SMILES string of the molecule is c1ccc(-c2ccc(-c3ccc(N(c4ccc(-c5ccccc5)cc4)c4ccc5oc6c7ccccc7ccc6c5c4-c4ccccc4)cc3)cc2)cc1. The second kappa shape index (κ2) is 13.4. The Labute approximate surface area is 314 Å². The van der Waals surface area contributed by atoms with Gasteiger partial charge in [-0.25, -0.2) is 0 Å². The molecule has 54 heavy (non-hydrogen) atoms. The van der Waals surface area contributed by atoms with E-state index in [9.17, 15) is 0 Å². The molecule has 0 aliphatic rings. The van der Waals surface area contributed by atoms with Crippen molar-refractivity contribution in [1.29, 1.82) is 0 Å². The van der Waals surface area contributed by atoms with Gasteiger partial charge < -0.3 is 9.32 Å². The summed E-state index contributed by atoms with van der Waals surface area (Å²) in [4.78, 5) is 2.39. The van der Waals surface area contributed by atoms with Crippen LogP contribution in [-0.4, -0.2) is 0 Å². The molecule has 0 N–H and O–H groups in total. The van der Waals surface area contributed by atoms with Crippen LogP contribution >= 0.6 is 0 Å². The molecule has 0 aliphatic carbocycles. The van der Waals surface area contributed by atoms with Gasteiger partial charge in [0.25, 0.3) is 0 Å². The van der Waals surface area contributed by atoms with Crippen molar-refractivity contribution in [3.63, 3.8) is 0 Å². The molecule has 1 aromatic heterocycles. The van der Waals surface area contributed by atoms with E-state index in [4.69, 9.17) is 4.42 Å². The van der Waals surface area contributed by atoms with Gasteiger partial charge in [-0.2, -0.15) is 0 Å². The van der Waals surface area contributed by atoms with Crippen LogP contribution in [0.4, 0.5) is 17.1 Å². The highest BCUT2D eigenvalue weighted by atomic mass is 16.3. The Kier molecular flexibility index (Phi) is 7.85. The summed E-state index contributed by atoms with van der Waals surface area (Å²) in [6.45, 7) is 0. The van der Waals surface area contributed by atoms with E-state index in [1.54, 1.807) is 0 Å². The minimum Gasteiger partial charge on any atom is -0.455 e.